The van der Waals surface area contributed by atoms with Gasteiger partial charge in [0.25, 0.3) is 0 Å². The number of ether oxygens (including phenoxy) is 2. The highest BCUT2D eigenvalue weighted by Crippen LogP contribution is 2.12. The normalized spacial score (nSPS) is 14.9. The molecule has 2 rings (SSSR count). The molecule has 1 heterocycles. The number of halogens is 1. The highest BCUT2D eigenvalue weighted by atomic mass is 127. The number of methoxy groups -OCH3 is 1. The van der Waals surface area contributed by atoms with Crippen molar-refractivity contribution in [3.05, 3.63) is 35.4 Å². The van der Waals surface area contributed by atoms with Crippen LogP contribution >= 0.6 is 24.0 Å². The third-order valence-corrected chi connectivity index (χ3v) is 4.15. The Bertz CT molecular complexity index is 661. The fraction of sp³-hybridized carbons (Fsp3) is 0.500. The van der Waals surface area contributed by atoms with Crippen LogP contribution < -0.4 is 11.1 Å². The predicted octanol–water partition coefficient (Wildman–Crippen LogP) is 2.12. The maximum absolute atomic E-state index is 11.7. The van der Waals surface area contributed by atoms with Gasteiger partial charge in [-0.2, -0.15) is 0 Å². The lowest BCUT2D eigenvalue weighted by molar-refractivity contribution is 0.0600. The van der Waals surface area contributed by atoms with E-state index < -0.39 is 0 Å². The van der Waals surface area contributed by atoms with Gasteiger partial charge >= 0.3 is 12.1 Å². The van der Waals surface area contributed by atoms with Gasteiger partial charge in [0.2, 0.25) is 0 Å². The Morgan fingerprint density at radius 1 is 1.33 bits per heavy atom. The van der Waals surface area contributed by atoms with E-state index in [4.69, 9.17) is 15.2 Å². The monoisotopic (exact) mass is 490 g/mol. The Hall–Kier alpha value is -2.04. The Balaban J connectivity index is 0.00000364. The number of esters is 1. The van der Waals surface area contributed by atoms with E-state index in [-0.39, 0.29) is 42.1 Å². The molecule has 1 aromatic carbocycles. The van der Waals surface area contributed by atoms with E-state index in [1.165, 1.54) is 7.11 Å². The van der Waals surface area contributed by atoms with Gasteiger partial charge in [0, 0.05) is 19.1 Å². The first-order valence-corrected chi connectivity index (χ1v) is 8.69. The van der Waals surface area contributed by atoms with Crippen molar-refractivity contribution in [2.75, 3.05) is 26.8 Å². The molecule has 0 radical (unpaired) electrons. The van der Waals surface area contributed by atoms with Crippen LogP contribution in [0.5, 0.6) is 0 Å². The smallest absolute Gasteiger partial charge is 0.409 e. The number of guanidine groups is 1. The fourth-order valence-corrected chi connectivity index (χ4v) is 2.77. The number of benzene rings is 1. The molecule has 1 saturated heterocycles. The van der Waals surface area contributed by atoms with Crippen LogP contribution in [0.2, 0.25) is 0 Å². The molecule has 1 amide bonds. The number of carbonyl (C=O) groups excluding carboxylic acids is 2. The topological polar surface area (TPSA) is 106 Å². The van der Waals surface area contributed by atoms with E-state index in [1.807, 2.05) is 6.07 Å². The zero-order chi connectivity index (χ0) is 18.9. The van der Waals surface area contributed by atoms with Crippen molar-refractivity contribution in [2.24, 2.45) is 10.7 Å². The molecule has 0 atom stereocenters. The predicted molar refractivity (Wildman–Crippen MR) is 113 cm³/mol. The summed E-state index contributed by atoms with van der Waals surface area (Å²) in [6.45, 7) is 3.80. The summed E-state index contributed by atoms with van der Waals surface area (Å²) in [6, 6.07) is 7.26. The first-order chi connectivity index (χ1) is 12.5. The SMILES string of the molecule is CCOC(=O)N1CCC(NC(N)=NCc2cccc(C(=O)OC)c2)CC1.I. The number of nitrogens with two attached hydrogens (primary N) is 1. The summed E-state index contributed by atoms with van der Waals surface area (Å²) in [5.41, 5.74) is 7.32. The lowest BCUT2D eigenvalue weighted by atomic mass is 10.1. The second-order valence-corrected chi connectivity index (χ2v) is 6.00. The number of hydrogen-bond donors (Lipinski definition) is 2. The molecule has 9 heteroatoms. The quantitative estimate of drug-likeness (QED) is 0.284. The molecule has 8 nitrogen and oxygen atoms in total. The van der Waals surface area contributed by atoms with Crippen LogP contribution in [0.25, 0.3) is 0 Å². The number of aliphatic imine (C=N–C) groups is 1. The summed E-state index contributed by atoms with van der Waals surface area (Å²) < 4.78 is 9.71. The summed E-state index contributed by atoms with van der Waals surface area (Å²) in [5, 5.41) is 3.19. The minimum atomic E-state index is -0.379. The van der Waals surface area contributed by atoms with Gasteiger partial charge < -0.3 is 25.4 Å². The third kappa shape index (κ3) is 7.24. The van der Waals surface area contributed by atoms with Crippen molar-refractivity contribution < 1.29 is 19.1 Å². The van der Waals surface area contributed by atoms with E-state index >= 15 is 0 Å². The maximum Gasteiger partial charge on any atom is 0.409 e. The molecule has 1 aliphatic rings. The lowest BCUT2D eigenvalue weighted by Gasteiger charge is -2.31. The second kappa shape index (κ2) is 11.6. The zero-order valence-corrected chi connectivity index (χ0v) is 18.0. The van der Waals surface area contributed by atoms with E-state index in [0.717, 1.165) is 18.4 Å². The number of amides is 1. The van der Waals surface area contributed by atoms with Crippen molar-refractivity contribution in [3.63, 3.8) is 0 Å². The molecule has 0 spiro atoms. The minimum absolute atomic E-state index is 0. The van der Waals surface area contributed by atoms with Gasteiger partial charge in [0.1, 0.15) is 0 Å². The van der Waals surface area contributed by atoms with Crippen LogP contribution in [0.15, 0.2) is 29.3 Å². The number of hydrogen-bond acceptors (Lipinski definition) is 5. The molecule has 0 aromatic heterocycles. The third-order valence-electron chi connectivity index (χ3n) is 4.15. The Labute approximate surface area is 176 Å². The summed E-state index contributed by atoms with van der Waals surface area (Å²) in [4.78, 5) is 29.3. The fourth-order valence-electron chi connectivity index (χ4n) is 2.77. The standard InChI is InChI=1S/C18H26N4O4.HI/c1-3-26-18(24)22-9-7-15(8-10-22)21-17(19)20-12-13-5-4-6-14(11-13)16(23)25-2;/h4-6,11,15H,3,7-10,12H2,1-2H3,(H3,19,20,21);1H. The van der Waals surface area contributed by atoms with Crippen molar-refractivity contribution in [1.29, 1.82) is 0 Å². The number of nitrogens with zero attached hydrogens (tertiary/aromatic N) is 2. The van der Waals surface area contributed by atoms with Gasteiger partial charge in [-0.1, -0.05) is 12.1 Å². The van der Waals surface area contributed by atoms with Crippen molar-refractivity contribution in [1.82, 2.24) is 10.2 Å². The molecule has 1 aromatic rings. The highest BCUT2D eigenvalue weighted by Gasteiger charge is 2.23. The van der Waals surface area contributed by atoms with Gasteiger partial charge in [-0.3, -0.25) is 0 Å². The second-order valence-electron chi connectivity index (χ2n) is 6.00. The molecule has 0 saturated carbocycles. The van der Waals surface area contributed by atoms with Crippen LogP contribution in [-0.2, 0) is 16.0 Å². The summed E-state index contributed by atoms with van der Waals surface area (Å²) >= 11 is 0. The van der Waals surface area contributed by atoms with Gasteiger partial charge in [-0.25, -0.2) is 14.6 Å². The van der Waals surface area contributed by atoms with Crippen LogP contribution in [-0.4, -0.2) is 55.8 Å². The molecule has 0 unspecified atom stereocenters. The van der Waals surface area contributed by atoms with E-state index in [0.29, 0.717) is 37.8 Å². The number of likely N-dealkylation sites (tertiary alicyclic amines) is 1. The van der Waals surface area contributed by atoms with Crippen LogP contribution in [0.4, 0.5) is 4.79 Å². The molecular formula is C18H27IN4O4. The highest BCUT2D eigenvalue weighted by molar-refractivity contribution is 14.0. The van der Waals surface area contributed by atoms with E-state index in [1.54, 1.807) is 30.0 Å². The Kier molecular flexibility index (Phi) is 9.90. The van der Waals surface area contributed by atoms with E-state index in [2.05, 4.69) is 10.3 Å². The molecule has 1 aliphatic heterocycles. The largest absolute Gasteiger partial charge is 0.465 e. The molecule has 27 heavy (non-hydrogen) atoms. The van der Waals surface area contributed by atoms with Gasteiger partial charge in [-0.05, 0) is 37.5 Å². The number of carbonyl (C=O) groups is 2. The molecule has 3 N–H and O–H groups in total. The minimum Gasteiger partial charge on any atom is -0.465 e. The number of rotatable bonds is 5. The zero-order valence-electron chi connectivity index (χ0n) is 15.6. The van der Waals surface area contributed by atoms with Crippen LogP contribution in [0.1, 0.15) is 35.7 Å². The summed E-state index contributed by atoms with van der Waals surface area (Å²) in [5.74, 6) is -0.0293. The molecule has 1 fully saturated rings. The first-order valence-electron chi connectivity index (χ1n) is 8.69. The van der Waals surface area contributed by atoms with Crippen LogP contribution in [0, 0.1) is 0 Å². The van der Waals surface area contributed by atoms with Crippen molar-refractivity contribution >= 4 is 42.0 Å². The summed E-state index contributed by atoms with van der Waals surface area (Å²) in [7, 11) is 1.35. The van der Waals surface area contributed by atoms with Crippen molar-refractivity contribution in [3.8, 4) is 0 Å². The lowest BCUT2D eigenvalue weighted by Crippen LogP contribution is -2.48. The Morgan fingerprint density at radius 3 is 2.67 bits per heavy atom. The van der Waals surface area contributed by atoms with Gasteiger partial charge in [-0.15, -0.1) is 24.0 Å². The van der Waals surface area contributed by atoms with E-state index in [9.17, 15) is 9.59 Å². The van der Waals surface area contributed by atoms with Gasteiger partial charge in [0.05, 0.1) is 25.8 Å². The Morgan fingerprint density at radius 2 is 2.04 bits per heavy atom. The molecule has 0 aliphatic carbocycles. The summed E-state index contributed by atoms with van der Waals surface area (Å²) in [6.07, 6.45) is 1.30. The average Bonchev–Trinajstić information content (AvgIpc) is 2.66. The molecule has 150 valence electrons. The first kappa shape index (κ1) is 23.0. The maximum atomic E-state index is 11.7. The van der Waals surface area contributed by atoms with Gasteiger partial charge in [0.15, 0.2) is 5.96 Å². The molecule has 0 bridgehead atoms. The average molecular weight is 490 g/mol. The van der Waals surface area contributed by atoms with Crippen LogP contribution in [0.3, 0.4) is 0 Å². The number of nitrogens with one attached hydrogen (secondary N) is 1. The molecular weight excluding hydrogens is 463 g/mol. The van der Waals surface area contributed by atoms with Crippen molar-refractivity contribution in [2.45, 2.75) is 32.4 Å². The number of piperidine rings is 1.